The number of nitrogens with one attached hydrogen (secondary N) is 2. The van der Waals surface area contributed by atoms with E-state index in [2.05, 4.69) is 41.5 Å². The lowest BCUT2D eigenvalue weighted by Crippen LogP contribution is -2.22. The number of hydrogen-bond donors (Lipinski definition) is 3. The fourth-order valence-corrected chi connectivity index (χ4v) is 1.28. The van der Waals surface area contributed by atoms with Crippen LogP contribution in [0.15, 0.2) is 6.07 Å². The average molecular weight is 253 g/mol. The summed E-state index contributed by atoms with van der Waals surface area (Å²) in [7, 11) is 1.68. The second-order valence-corrected chi connectivity index (χ2v) is 5.28. The second-order valence-electron chi connectivity index (χ2n) is 5.28. The van der Waals surface area contributed by atoms with Crippen LogP contribution in [-0.4, -0.2) is 29.7 Å². The Balaban J connectivity index is 2.91. The Kier molecular flexibility index (Phi) is 4.86. The molecule has 0 aliphatic heterocycles. The van der Waals surface area contributed by atoms with Gasteiger partial charge in [-0.05, 0) is 6.92 Å². The van der Waals surface area contributed by atoms with Gasteiger partial charge in [-0.2, -0.15) is 0 Å². The molecule has 0 saturated heterocycles. The van der Waals surface area contributed by atoms with E-state index in [1.165, 1.54) is 0 Å². The van der Waals surface area contributed by atoms with Crippen LogP contribution in [0.5, 0.6) is 0 Å². The molecule has 6 heteroatoms. The number of methoxy groups -OCH3 is 1. The quantitative estimate of drug-likeness (QED) is 0.545. The van der Waals surface area contributed by atoms with Gasteiger partial charge in [0.2, 0.25) is 0 Å². The molecule has 1 aromatic rings. The number of hydrazine groups is 1. The summed E-state index contributed by atoms with van der Waals surface area (Å²) in [5, 5.41) is 3.21. The molecule has 0 fully saturated rings. The van der Waals surface area contributed by atoms with Gasteiger partial charge in [0.15, 0.2) is 0 Å². The third-order valence-electron chi connectivity index (χ3n) is 2.52. The van der Waals surface area contributed by atoms with Crippen LogP contribution in [0, 0.1) is 0 Å². The molecule has 1 aromatic heterocycles. The van der Waals surface area contributed by atoms with Crippen molar-refractivity contribution in [3.05, 3.63) is 11.9 Å². The maximum absolute atomic E-state index is 5.42. The molecule has 1 atom stereocenters. The molecule has 18 heavy (non-hydrogen) atoms. The van der Waals surface area contributed by atoms with Crippen molar-refractivity contribution in [1.29, 1.82) is 0 Å². The highest BCUT2D eigenvalue weighted by atomic mass is 16.5. The van der Waals surface area contributed by atoms with Gasteiger partial charge >= 0.3 is 0 Å². The minimum atomic E-state index is -0.129. The Hall–Kier alpha value is -1.40. The van der Waals surface area contributed by atoms with Crippen LogP contribution in [0.4, 0.5) is 11.6 Å². The Morgan fingerprint density at radius 2 is 1.94 bits per heavy atom. The molecule has 0 aliphatic carbocycles. The third-order valence-corrected chi connectivity index (χ3v) is 2.52. The molecule has 6 nitrogen and oxygen atoms in total. The Morgan fingerprint density at radius 1 is 1.33 bits per heavy atom. The van der Waals surface area contributed by atoms with Crippen LogP contribution in [0.1, 0.15) is 33.5 Å². The van der Waals surface area contributed by atoms with Gasteiger partial charge in [-0.1, -0.05) is 20.8 Å². The van der Waals surface area contributed by atoms with E-state index < -0.39 is 0 Å². The Labute approximate surface area is 108 Å². The monoisotopic (exact) mass is 253 g/mol. The van der Waals surface area contributed by atoms with Gasteiger partial charge in [0.05, 0.1) is 6.10 Å². The summed E-state index contributed by atoms with van der Waals surface area (Å²) in [6.45, 7) is 8.85. The van der Waals surface area contributed by atoms with Crippen LogP contribution in [0.25, 0.3) is 0 Å². The standard InChI is InChI=1S/C12H23N5O/c1-8(18-5)7-14-9-6-10(17-13)16-11(15-9)12(2,3)4/h6,8H,7,13H2,1-5H3,(H2,14,15,16,17). The van der Waals surface area contributed by atoms with Gasteiger partial charge in [0.1, 0.15) is 17.5 Å². The van der Waals surface area contributed by atoms with E-state index in [9.17, 15) is 0 Å². The van der Waals surface area contributed by atoms with E-state index in [1.807, 2.05) is 6.92 Å². The zero-order chi connectivity index (χ0) is 13.8. The zero-order valence-corrected chi connectivity index (χ0v) is 11.7. The molecule has 0 radical (unpaired) electrons. The summed E-state index contributed by atoms with van der Waals surface area (Å²) in [5.41, 5.74) is 2.43. The van der Waals surface area contributed by atoms with E-state index >= 15 is 0 Å². The molecule has 0 aromatic carbocycles. The SMILES string of the molecule is COC(C)CNc1cc(NN)nc(C(C)(C)C)n1. The van der Waals surface area contributed by atoms with Gasteiger partial charge in [-0.15, -0.1) is 0 Å². The van der Waals surface area contributed by atoms with Crippen molar-refractivity contribution in [2.45, 2.75) is 39.2 Å². The van der Waals surface area contributed by atoms with Gasteiger partial charge < -0.3 is 15.5 Å². The number of nitrogen functional groups attached to an aromatic ring is 1. The van der Waals surface area contributed by atoms with Gasteiger partial charge in [-0.25, -0.2) is 15.8 Å². The number of anilines is 2. The van der Waals surface area contributed by atoms with Crippen molar-refractivity contribution in [3.8, 4) is 0 Å². The summed E-state index contributed by atoms with van der Waals surface area (Å²) in [6, 6.07) is 1.78. The highest BCUT2D eigenvalue weighted by molar-refractivity contribution is 5.47. The number of rotatable bonds is 5. The van der Waals surface area contributed by atoms with Crippen molar-refractivity contribution in [2.75, 3.05) is 24.4 Å². The lowest BCUT2D eigenvalue weighted by atomic mass is 9.96. The molecule has 102 valence electrons. The van der Waals surface area contributed by atoms with Gasteiger partial charge in [-0.3, -0.25) is 0 Å². The van der Waals surface area contributed by atoms with E-state index in [0.29, 0.717) is 12.4 Å². The highest BCUT2D eigenvalue weighted by Gasteiger charge is 2.19. The van der Waals surface area contributed by atoms with E-state index in [4.69, 9.17) is 10.6 Å². The number of aromatic nitrogens is 2. The molecule has 0 saturated carbocycles. The number of nitrogens with zero attached hydrogens (tertiary/aromatic N) is 2. The molecule has 1 heterocycles. The third kappa shape index (κ3) is 4.12. The molecular weight excluding hydrogens is 230 g/mol. The lowest BCUT2D eigenvalue weighted by Gasteiger charge is -2.19. The first-order valence-electron chi connectivity index (χ1n) is 5.99. The second kappa shape index (κ2) is 5.97. The van der Waals surface area contributed by atoms with Crippen LogP contribution in [-0.2, 0) is 10.2 Å². The van der Waals surface area contributed by atoms with E-state index in [-0.39, 0.29) is 11.5 Å². The van der Waals surface area contributed by atoms with Crippen molar-refractivity contribution in [2.24, 2.45) is 5.84 Å². The van der Waals surface area contributed by atoms with Crippen molar-refractivity contribution >= 4 is 11.6 Å². The molecular formula is C12H23N5O. The maximum atomic E-state index is 5.42. The van der Waals surface area contributed by atoms with Gasteiger partial charge in [0.25, 0.3) is 0 Å². The Morgan fingerprint density at radius 3 is 2.44 bits per heavy atom. The fourth-order valence-electron chi connectivity index (χ4n) is 1.28. The van der Waals surface area contributed by atoms with Crippen molar-refractivity contribution < 1.29 is 4.74 Å². The number of ether oxygens (including phenoxy) is 1. The molecule has 0 bridgehead atoms. The molecule has 4 N–H and O–H groups in total. The van der Waals surface area contributed by atoms with Crippen molar-refractivity contribution in [3.63, 3.8) is 0 Å². The summed E-state index contributed by atoms with van der Waals surface area (Å²) >= 11 is 0. The smallest absolute Gasteiger partial charge is 0.145 e. The number of hydrogen-bond acceptors (Lipinski definition) is 6. The zero-order valence-electron chi connectivity index (χ0n) is 11.7. The summed E-state index contributed by atoms with van der Waals surface area (Å²) in [6.07, 6.45) is 0.118. The van der Waals surface area contributed by atoms with Crippen LogP contribution in [0.3, 0.4) is 0 Å². The maximum Gasteiger partial charge on any atom is 0.145 e. The van der Waals surface area contributed by atoms with Crippen LogP contribution >= 0.6 is 0 Å². The van der Waals surface area contributed by atoms with Crippen LogP contribution < -0.4 is 16.6 Å². The minimum Gasteiger partial charge on any atom is -0.380 e. The molecule has 0 amide bonds. The predicted octanol–water partition coefficient (Wildman–Crippen LogP) is 1.51. The Bertz CT molecular complexity index is 389. The highest BCUT2D eigenvalue weighted by Crippen LogP contribution is 2.21. The van der Waals surface area contributed by atoms with Crippen LogP contribution in [0.2, 0.25) is 0 Å². The van der Waals surface area contributed by atoms with E-state index in [0.717, 1.165) is 11.6 Å². The number of nitrogens with two attached hydrogens (primary N) is 1. The fraction of sp³-hybridized carbons (Fsp3) is 0.667. The van der Waals surface area contributed by atoms with E-state index in [1.54, 1.807) is 13.2 Å². The van der Waals surface area contributed by atoms with Gasteiger partial charge in [0, 0.05) is 25.1 Å². The molecule has 0 aliphatic rings. The first-order valence-corrected chi connectivity index (χ1v) is 5.99. The molecule has 0 spiro atoms. The molecule has 1 unspecified atom stereocenters. The first kappa shape index (κ1) is 14.7. The summed E-state index contributed by atoms with van der Waals surface area (Å²) < 4.78 is 5.18. The topological polar surface area (TPSA) is 85.1 Å². The van der Waals surface area contributed by atoms with Crippen molar-refractivity contribution in [1.82, 2.24) is 9.97 Å². The lowest BCUT2D eigenvalue weighted by molar-refractivity contribution is 0.128. The summed E-state index contributed by atoms with van der Waals surface area (Å²) in [4.78, 5) is 8.84. The average Bonchev–Trinajstić information content (AvgIpc) is 2.34. The normalized spacial score (nSPS) is 13.2. The molecule has 1 rings (SSSR count). The first-order chi connectivity index (χ1) is 8.36. The minimum absolute atomic E-state index is 0.118. The summed E-state index contributed by atoms with van der Waals surface area (Å²) in [5.74, 6) is 7.50. The largest absolute Gasteiger partial charge is 0.380 e. The predicted molar refractivity (Wildman–Crippen MR) is 73.5 cm³/mol.